The molecule has 2 unspecified atom stereocenters. The molecule has 7 nitrogen and oxygen atoms in total. The summed E-state index contributed by atoms with van der Waals surface area (Å²) in [5, 5.41) is 9.91. The predicted molar refractivity (Wildman–Crippen MR) is 173 cm³/mol. The number of rotatable bonds is 11. The van der Waals surface area contributed by atoms with Crippen LogP contribution in [-0.2, 0) is 10.8 Å². The van der Waals surface area contributed by atoms with Gasteiger partial charge < -0.3 is 23.6 Å². The second-order valence-electron chi connectivity index (χ2n) is 10.9. The van der Waals surface area contributed by atoms with Crippen molar-refractivity contribution in [2.45, 2.75) is 38.5 Å². The third-order valence-corrected chi connectivity index (χ3v) is 8.37. The fourth-order valence-electron chi connectivity index (χ4n) is 4.77. The summed E-state index contributed by atoms with van der Waals surface area (Å²) in [6.45, 7) is 12.2. The highest BCUT2D eigenvalue weighted by Crippen LogP contribution is 2.36. The number of aromatic carboxylic acids is 1. The van der Waals surface area contributed by atoms with E-state index in [9.17, 15) is 14.7 Å². The van der Waals surface area contributed by atoms with Gasteiger partial charge in [-0.15, -0.1) is 0 Å². The van der Waals surface area contributed by atoms with E-state index in [2.05, 4.69) is 13.8 Å². The fourth-order valence-corrected chi connectivity index (χ4v) is 5.51. The molecule has 1 N–H and O–H groups in total. The molecule has 0 aliphatic rings. The van der Waals surface area contributed by atoms with E-state index in [4.69, 9.17) is 18.5 Å². The van der Waals surface area contributed by atoms with Gasteiger partial charge in [0, 0.05) is 10.8 Å². The summed E-state index contributed by atoms with van der Waals surface area (Å²) in [6.07, 6.45) is -1.03. The van der Waals surface area contributed by atoms with E-state index in [0.29, 0.717) is 17.6 Å². The van der Waals surface area contributed by atoms with Crippen LogP contribution in [0.15, 0.2) is 91.0 Å². The molecule has 224 valence electrons. The monoisotopic (exact) mass is 618 g/mol. The lowest BCUT2D eigenvalue weighted by Gasteiger charge is -2.27. The van der Waals surface area contributed by atoms with Crippen LogP contribution in [0.25, 0.3) is 0 Å². The molecule has 0 amide bonds. The second kappa shape index (κ2) is 13.6. The Bertz CT molecular complexity index is 1560. The maximum atomic E-state index is 12.7. The molecule has 4 aromatic carbocycles. The van der Waals surface area contributed by atoms with E-state index < -0.39 is 17.5 Å². The Balaban J connectivity index is 1.47. The van der Waals surface area contributed by atoms with Crippen molar-refractivity contribution in [2.24, 2.45) is 0 Å². The first-order chi connectivity index (χ1) is 20.4. The number of ether oxygens (including phenoxy) is 2. The lowest BCUT2D eigenvalue weighted by Crippen LogP contribution is -2.21. The molecule has 0 saturated heterocycles. The van der Waals surface area contributed by atoms with E-state index in [1.165, 1.54) is 12.1 Å². The van der Waals surface area contributed by atoms with Crippen molar-refractivity contribution in [1.29, 1.82) is 0 Å². The molecule has 2 atom stereocenters. The van der Waals surface area contributed by atoms with Gasteiger partial charge in [-0.1, -0.05) is 70.2 Å². The van der Waals surface area contributed by atoms with Gasteiger partial charge in [-0.05, 0) is 84.1 Å². The Kier molecular flexibility index (Phi) is 10.1. The van der Waals surface area contributed by atoms with Crippen molar-refractivity contribution >= 4 is 29.7 Å². The van der Waals surface area contributed by atoms with E-state index >= 15 is 0 Å². The molecule has 4 aromatic rings. The van der Waals surface area contributed by atoms with Crippen LogP contribution >= 0.6 is 17.6 Å². The van der Waals surface area contributed by atoms with Gasteiger partial charge in [-0.2, -0.15) is 0 Å². The lowest BCUT2D eigenvalue weighted by atomic mass is 9.77. The van der Waals surface area contributed by atoms with Crippen molar-refractivity contribution in [3.05, 3.63) is 119 Å². The van der Waals surface area contributed by atoms with Crippen LogP contribution in [0.2, 0.25) is 0 Å². The van der Waals surface area contributed by atoms with E-state index in [1.807, 2.05) is 87.8 Å². The molecule has 0 radical (unpaired) electrons. The lowest BCUT2D eigenvalue weighted by molar-refractivity contribution is 0.0693. The van der Waals surface area contributed by atoms with Crippen molar-refractivity contribution in [1.82, 2.24) is 0 Å². The molecule has 9 heteroatoms. The minimum atomic E-state index is -1.21. The smallest absolute Gasteiger partial charge is 0.478 e. The third-order valence-electron chi connectivity index (χ3n) is 7.49. The minimum absolute atomic E-state index is 0.0986. The summed E-state index contributed by atoms with van der Waals surface area (Å²) < 4.78 is 21.9. The van der Waals surface area contributed by atoms with Crippen molar-refractivity contribution in [2.75, 3.05) is 13.3 Å². The second-order valence-corrected chi connectivity index (χ2v) is 12.1. The van der Waals surface area contributed by atoms with Gasteiger partial charge in [0.1, 0.15) is 28.6 Å². The summed E-state index contributed by atoms with van der Waals surface area (Å²) in [5.74, 6) is 0.579. The van der Waals surface area contributed by atoms with Crippen molar-refractivity contribution < 1.29 is 33.2 Å². The van der Waals surface area contributed by atoms with Crippen LogP contribution in [0.5, 0.6) is 23.0 Å². The number of carboxylic acid groups (broad SMARTS) is 1. The van der Waals surface area contributed by atoms with E-state index in [1.54, 1.807) is 18.2 Å². The summed E-state index contributed by atoms with van der Waals surface area (Å²) in [7, 11) is 0.726. The normalized spacial score (nSPS) is 12.0. The van der Waals surface area contributed by atoms with Gasteiger partial charge in [-0.25, -0.2) is 9.59 Å². The van der Waals surface area contributed by atoms with Gasteiger partial charge in [0.05, 0.1) is 17.6 Å². The van der Waals surface area contributed by atoms with Crippen LogP contribution in [-0.4, -0.2) is 30.6 Å². The average molecular weight is 619 g/mol. The quantitative estimate of drug-likeness (QED) is 0.102. The molecular weight excluding hydrogens is 582 g/mol. The highest BCUT2D eigenvalue weighted by Gasteiger charge is 2.27. The maximum Gasteiger partial charge on any atom is 0.519 e. The molecule has 0 saturated carbocycles. The van der Waals surface area contributed by atoms with E-state index in [-0.39, 0.29) is 22.5 Å². The zero-order valence-corrected chi connectivity index (χ0v) is 27.1. The number of hydrogen-bond acceptors (Lipinski definition) is 6. The zero-order chi connectivity index (χ0) is 31.2. The number of hydrogen-bond donors (Lipinski definition) is 1. The summed E-state index contributed by atoms with van der Waals surface area (Å²) in [5.41, 5.74) is 2.92. The predicted octanol–water partition coefficient (Wildman–Crippen LogP) is 8.82. The van der Waals surface area contributed by atoms with Crippen LogP contribution < -0.4 is 18.5 Å². The summed E-state index contributed by atoms with van der Waals surface area (Å²) >= 11 is 0. The van der Waals surface area contributed by atoms with Gasteiger partial charge in [0.25, 0.3) is 0 Å². The first-order valence-electron chi connectivity index (χ1n) is 13.7. The van der Waals surface area contributed by atoms with Crippen LogP contribution in [0, 0.1) is 0 Å². The molecule has 0 spiro atoms. The highest BCUT2D eigenvalue weighted by atomic mass is 31.1. The Hall–Kier alpha value is -3.92. The molecule has 0 aromatic heterocycles. The van der Waals surface area contributed by atoms with Crippen LogP contribution in [0.4, 0.5) is 4.79 Å². The highest BCUT2D eigenvalue weighted by molar-refractivity contribution is 7.31. The first-order valence-corrected chi connectivity index (χ1v) is 16.5. The molecule has 0 aliphatic carbocycles. The Morgan fingerprint density at radius 1 is 0.581 bits per heavy atom. The summed E-state index contributed by atoms with van der Waals surface area (Å²) in [6, 6.07) is 27.6. The molecule has 0 aliphatic heterocycles. The Labute approximate surface area is 256 Å². The number of carboxylic acids is 1. The fraction of sp³-hybridized carbons (Fsp3) is 0.235. The number of carbonyl (C=O) groups excluding carboxylic acids is 1. The topological polar surface area (TPSA) is 91.3 Å². The largest absolute Gasteiger partial charge is 0.519 e. The Morgan fingerprint density at radius 2 is 0.977 bits per heavy atom. The summed E-state index contributed by atoms with van der Waals surface area (Å²) in [4.78, 5) is 24.8. The zero-order valence-electron chi connectivity index (χ0n) is 25.1. The van der Waals surface area contributed by atoms with Gasteiger partial charge >= 0.3 is 12.1 Å². The minimum Gasteiger partial charge on any atom is -0.478 e. The molecule has 0 fully saturated rings. The van der Waals surface area contributed by atoms with Crippen molar-refractivity contribution in [3.63, 3.8) is 0 Å². The standard InChI is InChI=1S/C34H36O7P2/c1-33(2,23-9-16-27(17-10-23)40-42-5)22-7-14-26(15-8-22)38-32(37)39-30-20-13-25(21-29(30)31(35)36)34(3,4)24-11-18-28(19-12-24)41-43-6/h7-21,42-43H,1-6H3,(H,35,36). The average Bonchev–Trinajstić information content (AvgIpc) is 2.98. The maximum absolute atomic E-state index is 12.7. The molecule has 0 heterocycles. The van der Waals surface area contributed by atoms with Crippen molar-refractivity contribution in [3.8, 4) is 23.0 Å². The molecule has 0 bridgehead atoms. The van der Waals surface area contributed by atoms with Gasteiger partial charge in [0.2, 0.25) is 0 Å². The van der Waals surface area contributed by atoms with Gasteiger partial charge in [0.15, 0.2) is 0 Å². The van der Waals surface area contributed by atoms with Crippen LogP contribution in [0.1, 0.15) is 60.3 Å². The SMILES string of the molecule is CPOc1ccc(C(C)(C)c2ccc(OC(=O)Oc3ccc(C(C)(C)c4ccc(OPC)cc4)cc3C(=O)O)cc2)cc1. The Morgan fingerprint density at radius 3 is 1.40 bits per heavy atom. The number of carbonyl (C=O) groups is 2. The first kappa shape index (κ1) is 32.0. The van der Waals surface area contributed by atoms with Crippen LogP contribution in [0.3, 0.4) is 0 Å². The number of benzene rings is 4. The molecular formula is C34H36O7P2. The third kappa shape index (κ3) is 7.54. The molecule has 43 heavy (non-hydrogen) atoms. The van der Waals surface area contributed by atoms with E-state index in [0.717, 1.165) is 33.8 Å². The molecule has 4 rings (SSSR count). The van der Waals surface area contributed by atoms with Gasteiger partial charge in [-0.3, -0.25) is 0 Å².